The molecule has 0 saturated heterocycles. The maximum absolute atomic E-state index is 5.33. The van der Waals surface area contributed by atoms with Crippen LogP contribution in [-0.2, 0) is 0 Å². The topological polar surface area (TPSA) is 59.1 Å². The van der Waals surface area contributed by atoms with Gasteiger partial charge in [0.15, 0.2) is 0 Å². The lowest BCUT2D eigenvalue weighted by Gasteiger charge is -2.11. The van der Waals surface area contributed by atoms with E-state index in [1.165, 1.54) is 6.33 Å². The van der Waals surface area contributed by atoms with Crippen molar-refractivity contribution in [3.8, 4) is 5.75 Å². The molecule has 1 heterocycles. The van der Waals surface area contributed by atoms with Gasteiger partial charge in [0.2, 0.25) is 0 Å². The Morgan fingerprint density at radius 3 is 2.75 bits per heavy atom. The number of anilines is 3. The fourth-order valence-corrected chi connectivity index (χ4v) is 2.05. The normalized spacial score (nSPS) is 10.2. The molecule has 0 bridgehead atoms. The summed E-state index contributed by atoms with van der Waals surface area (Å²) in [5.41, 5.74) is 0.849. The number of halogens is 1. The Balaban J connectivity index is 2.19. The zero-order valence-electron chi connectivity index (χ0n) is 11.5. The van der Waals surface area contributed by atoms with Gasteiger partial charge in [0.1, 0.15) is 23.7 Å². The first-order chi connectivity index (χ1) is 9.72. The van der Waals surface area contributed by atoms with Crippen molar-refractivity contribution < 1.29 is 4.74 Å². The highest BCUT2D eigenvalue weighted by molar-refractivity contribution is 9.10. The Bertz CT molecular complexity index is 577. The van der Waals surface area contributed by atoms with E-state index in [4.69, 9.17) is 4.74 Å². The average molecular weight is 337 g/mol. The van der Waals surface area contributed by atoms with E-state index in [-0.39, 0.29) is 0 Å². The quantitative estimate of drug-likeness (QED) is 0.839. The van der Waals surface area contributed by atoms with Gasteiger partial charge in [-0.3, -0.25) is 0 Å². The van der Waals surface area contributed by atoms with Crippen LogP contribution in [0.3, 0.4) is 0 Å². The summed E-state index contributed by atoms with van der Waals surface area (Å²) in [6.07, 6.45) is 2.58. The third kappa shape index (κ3) is 3.84. The Morgan fingerprint density at radius 2 is 2.00 bits per heavy atom. The van der Waals surface area contributed by atoms with Gasteiger partial charge in [-0.2, -0.15) is 0 Å². The lowest BCUT2D eigenvalue weighted by atomic mass is 10.3. The SMILES string of the molecule is CCCNc1cc(Nc2cc(Br)ccc2OC)ncn1. The monoisotopic (exact) mass is 336 g/mol. The fourth-order valence-electron chi connectivity index (χ4n) is 1.69. The number of hydrogen-bond acceptors (Lipinski definition) is 5. The molecule has 0 aliphatic heterocycles. The fraction of sp³-hybridized carbons (Fsp3) is 0.286. The molecule has 0 aliphatic rings. The molecule has 0 fully saturated rings. The van der Waals surface area contributed by atoms with Crippen LogP contribution >= 0.6 is 15.9 Å². The second-order valence-electron chi connectivity index (χ2n) is 4.18. The molecular weight excluding hydrogens is 320 g/mol. The number of nitrogens with zero attached hydrogens (tertiary/aromatic N) is 2. The molecule has 0 saturated carbocycles. The summed E-state index contributed by atoms with van der Waals surface area (Å²) < 4.78 is 6.30. The molecule has 0 unspecified atom stereocenters. The van der Waals surface area contributed by atoms with Gasteiger partial charge < -0.3 is 15.4 Å². The number of hydrogen-bond donors (Lipinski definition) is 2. The summed E-state index contributed by atoms with van der Waals surface area (Å²) in [5, 5.41) is 6.46. The van der Waals surface area contributed by atoms with Crippen molar-refractivity contribution in [3.63, 3.8) is 0 Å². The number of nitrogens with one attached hydrogen (secondary N) is 2. The second-order valence-corrected chi connectivity index (χ2v) is 5.10. The summed E-state index contributed by atoms with van der Waals surface area (Å²) in [4.78, 5) is 8.39. The average Bonchev–Trinajstić information content (AvgIpc) is 2.46. The largest absolute Gasteiger partial charge is 0.495 e. The molecule has 2 rings (SSSR count). The maximum Gasteiger partial charge on any atom is 0.142 e. The molecule has 1 aromatic carbocycles. The van der Waals surface area contributed by atoms with Crippen LogP contribution in [0.2, 0.25) is 0 Å². The number of ether oxygens (including phenoxy) is 1. The summed E-state index contributed by atoms with van der Waals surface area (Å²) in [7, 11) is 1.64. The molecular formula is C14H17BrN4O. The van der Waals surface area contributed by atoms with Crippen molar-refractivity contribution in [2.75, 3.05) is 24.3 Å². The molecule has 2 N–H and O–H groups in total. The van der Waals surface area contributed by atoms with E-state index in [0.717, 1.165) is 40.5 Å². The molecule has 1 aromatic heterocycles. The van der Waals surface area contributed by atoms with Crippen LogP contribution in [0.25, 0.3) is 0 Å². The van der Waals surface area contributed by atoms with Crippen molar-refractivity contribution >= 4 is 33.3 Å². The lowest BCUT2D eigenvalue weighted by molar-refractivity contribution is 0.416. The van der Waals surface area contributed by atoms with Crippen LogP contribution in [0, 0.1) is 0 Å². The molecule has 0 aliphatic carbocycles. The van der Waals surface area contributed by atoms with Crippen molar-refractivity contribution in [3.05, 3.63) is 35.1 Å². The highest BCUT2D eigenvalue weighted by Crippen LogP contribution is 2.30. The zero-order valence-corrected chi connectivity index (χ0v) is 13.1. The van der Waals surface area contributed by atoms with Gasteiger partial charge in [0.05, 0.1) is 12.8 Å². The van der Waals surface area contributed by atoms with E-state index in [2.05, 4.69) is 43.5 Å². The van der Waals surface area contributed by atoms with E-state index >= 15 is 0 Å². The van der Waals surface area contributed by atoms with E-state index in [1.54, 1.807) is 7.11 Å². The van der Waals surface area contributed by atoms with Gasteiger partial charge in [-0.1, -0.05) is 22.9 Å². The van der Waals surface area contributed by atoms with Gasteiger partial charge >= 0.3 is 0 Å². The van der Waals surface area contributed by atoms with E-state index in [1.807, 2.05) is 24.3 Å². The zero-order chi connectivity index (χ0) is 14.4. The molecule has 0 amide bonds. The van der Waals surface area contributed by atoms with Crippen LogP contribution in [0.15, 0.2) is 35.1 Å². The third-order valence-corrected chi connectivity index (χ3v) is 3.14. The summed E-state index contributed by atoms with van der Waals surface area (Å²) in [6.45, 7) is 3.00. The Hall–Kier alpha value is -1.82. The molecule has 0 radical (unpaired) electrons. The number of aromatic nitrogens is 2. The van der Waals surface area contributed by atoms with Crippen LogP contribution in [0.4, 0.5) is 17.3 Å². The molecule has 20 heavy (non-hydrogen) atoms. The van der Waals surface area contributed by atoms with Gasteiger partial charge in [-0.25, -0.2) is 9.97 Å². The third-order valence-electron chi connectivity index (χ3n) is 2.65. The Morgan fingerprint density at radius 1 is 1.20 bits per heavy atom. The van der Waals surface area contributed by atoms with Crippen molar-refractivity contribution in [1.29, 1.82) is 0 Å². The van der Waals surface area contributed by atoms with E-state index in [0.29, 0.717) is 0 Å². The van der Waals surface area contributed by atoms with E-state index in [9.17, 15) is 0 Å². The number of benzene rings is 1. The minimum Gasteiger partial charge on any atom is -0.495 e. The van der Waals surface area contributed by atoms with Gasteiger partial charge in [-0.15, -0.1) is 0 Å². The number of methoxy groups -OCH3 is 1. The predicted molar refractivity (Wildman–Crippen MR) is 84.8 cm³/mol. The van der Waals surface area contributed by atoms with Crippen molar-refractivity contribution in [2.24, 2.45) is 0 Å². The lowest BCUT2D eigenvalue weighted by Crippen LogP contribution is -2.03. The van der Waals surface area contributed by atoms with Crippen molar-refractivity contribution in [2.45, 2.75) is 13.3 Å². The first-order valence-corrected chi connectivity index (χ1v) is 7.18. The van der Waals surface area contributed by atoms with Crippen LogP contribution in [-0.4, -0.2) is 23.6 Å². The van der Waals surface area contributed by atoms with Crippen molar-refractivity contribution in [1.82, 2.24) is 9.97 Å². The van der Waals surface area contributed by atoms with E-state index < -0.39 is 0 Å². The van der Waals surface area contributed by atoms with Crippen LogP contribution < -0.4 is 15.4 Å². The highest BCUT2D eigenvalue weighted by atomic mass is 79.9. The molecule has 6 heteroatoms. The van der Waals surface area contributed by atoms with Gasteiger partial charge in [0.25, 0.3) is 0 Å². The number of rotatable bonds is 6. The Labute approximate surface area is 126 Å². The molecule has 0 spiro atoms. The Kier molecular flexibility index (Phi) is 5.17. The van der Waals surface area contributed by atoms with Gasteiger partial charge in [0, 0.05) is 17.1 Å². The molecule has 106 valence electrons. The first-order valence-electron chi connectivity index (χ1n) is 6.39. The summed E-state index contributed by atoms with van der Waals surface area (Å²) in [5.74, 6) is 2.28. The predicted octanol–water partition coefficient (Wildman–Crippen LogP) is 3.81. The smallest absolute Gasteiger partial charge is 0.142 e. The van der Waals surface area contributed by atoms with Crippen LogP contribution in [0.5, 0.6) is 5.75 Å². The standard InChI is InChI=1S/C14H17BrN4O/c1-3-6-16-13-8-14(18-9-17-13)19-11-7-10(15)4-5-12(11)20-2/h4-5,7-9H,3,6H2,1-2H3,(H2,16,17,18,19). The highest BCUT2D eigenvalue weighted by Gasteiger charge is 2.05. The van der Waals surface area contributed by atoms with Gasteiger partial charge in [-0.05, 0) is 24.6 Å². The second kappa shape index (κ2) is 7.09. The molecule has 0 atom stereocenters. The summed E-state index contributed by atoms with van der Waals surface area (Å²) >= 11 is 3.45. The summed E-state index contributed by atoms with van der Waals surface area (Å²) in [6, 6.07) is 7.64. The molecule has 5 nitrogen and oxygen atoms in total. The maximum atomic E-state index is 5.33. The first kappa shape index (κ1) is 14.6. The van der Waals surface area contributed by atoms with Crippen LogP contribution in [0.1, 0.15) is 13.3 Å². The minimum atomic E-state index is 0.718. The molecule has 2 aromatic rings. The minimum absolute atomic E-state index is 0.718.